The van der Waals surface area contributed by atoms with Gasteiger partial charge in [-0.1, -0.05) is 6.07 Å². The topological polar surface area (TPSA) is 46.3 Å². The first-order valence-corrected chi connectivity index (χ1v) is 6.56. The fourth-order valence-electron chi connectivity index (χ4n) is 2.80. The summed E-state index contributed by atoms with van der Waals surface area (Å²) in [6.45, 7) is 3.42. The van der Waals surface area contributed by atoms with Crippen molar-refractivity contribution >= 4 is 5.91 Å². The Kier molecular flexibility index (Phi) is 3.97. The minimum atomic E-state index is -4.70. The van der Waals surface area contributed by atoms with Gasteiger partial charge in [0.15, 0.2) is 0 Å². The maximum atomic E-state index is 13.2. The van der Waals surface area contributed by atoms with Crippen molar-refractivity contribution in [3.63, 3.8) is 0 Å². The number of nitrogens with two attached hydrogens (primary N) is 1. The van der Waals surface area contributed by atoms with Gasteiger partial charge in [0.25, 0.3) is 0 Å². The van der Waals surface area contributed by atoms with E-state index in [-0.39, 0.29) is 23.9 Å². The summed E-state index contributed by atoms with van der Waals surface area (Å²) in [5.74, 6) is -1.26. The van der Waals surface area contributed by atoms with Crippen molar-refractivity contribution in [3.05, 3.63) is 35.1 Å². The molecule has 21 heavy (non-hydrogen) atoms. The molecule has 1 heterocycles. The summed E-state index contributed by atoms with van der Waals surface area (Å²) in [5, 5.41) is 0. The molecule has 1 aromatic carbocycles. The van der Waals surface area contributed by atoms with Gasteiger partial charge in [0.1, 0.15) is 5.82 Å². The third-order valence-electron chi connectivity index (χ3n) is 3.60. The van der Waals surface area contributed by atoms with Crippen LogP contribution in [0.3, 0.4) is 0 Å². The molecule has 3 nitrogen and oxygen atoms in total. The average Bonchev–Trinajstić information content (AvgIpc) is 2.63. The molecule has 0 aromatic heterocycles. The highest BCUT2D eigenvalue weighted by Crippen LogP contribution is 2.41. The van der Waals surface area contributed by atoms with Crippen LogP contribution in [0.4, 0.5) is 17.6 Å². The number of hydrogen-bond acceptors (Lipinski definition) is 2. The summed E-state index contributed by atoms with van der Waals surface area (Å²) >= 11 is 0. The Morgan fingerprint density at radius 1 is 1.33 bits per heavy atom. The quantitative estimate of drug-likeness (QED) is 0.854. The van der Waals surface area contributed by atoms with E-state index in [1.54, 1.807) is 13.8 Å². The minimum Gasteiger partial charge on any atom is -0.332 e. The number of halogens is 4. The first-order valence-electron chi connectivity index (χ1n) is 6.56. The van der Waals surface area contributed by atoms with Crippen LogP contribution in [-0.2, 0) is 11.0 Å². The highest BCUT2D eigenvalue weighted by Gasteiger charge is 2.44. The lowest BCUT2D eigenvalue weighted by atomic mass is 9.94. The first kappa shape index (κ1) is 15.8. The molecular formula is C14H16F4N2O. The number of carbonyl (C=O) groups excluding carboxylic acids is 1. The van der Waals surface area contributed by atoms with E-state index in [1.165, 1.54) is 4.90 Å². The van der Waals surface area contributed by atoms with Crippen molar-refractivity contribution in [1.82, 2.24) is 4.90 Å². The van der Waals surface area contributed by atoms with Crippen LogP contribution in [0.1, 0.15) is 37.4 Å². The largest absolute Gasteiger partial charge is 0.416 e. The molecule has 116 valence electrons. The van der Waals surface area contributed by atoms with E-state index in [0.29, 0.717) is 6.07 Å². The summed E-state index contributed by atoms with van der Waals surface area (Å²) < 4.78 is 52.6. The van der Waals surface area contributed by atoms with Crippen molar-refractivity contribution in [2.24, 2.45) is 5.73 Å². The van der Waals surface area contributed by atoms with Crippen LogP contribution in [0.5, 0.6) is 0 Å². The number of benzene rings is 1. The molecule has 2 unspecified atom stereocenters. The number of alkyl halides is 3. The molecule has 1 amide bonds. The van der Waals surface area contributed by atoms with E-state index < -0.39 is 29.6 Å². The second kappa shape index (κ2) is 5.29. The molecule has 2 N–H and O–H groups in total. The fourth-order valence-corrected chi connectivity index (χ4v) is 2.80. The minimum absolute atomic E-state index is 0.0163. The Balaban J connectivity index is 2.57. The molecule has 7 heteroatoms. The molecule has 2 atom stereocenters. The Morgan fingerprint density at radius 2 is 1.95 bits per heavy atom. The molecule has 1 aliphatic rings. The third kappa shape index (κ3) is 2.88. The van der Waals surface area contributed by atoms with E-state index in [2.05, 4.69) is 0 Å². The zero-order chi connectivity index (χ0) is 15.9. The first-order chi connectivity index (χ1) is 9.62. The van der Waals surface area contributed by atoms with E-state index in [0.717, 1.165) is 12.1 Å². The molecule has 0 radical (unpaired) electrons. The van der Waals surface area contributed by atoms with E-state index in [4.69, 9.17) is 5.73 Å². The van der Waals surface area contributed by atoms with Crippen molar-refractivity contribution in [2.45, 2.75) is 44.6 Å². The molecule has 0 bridgehead atoms. The van der Waals surface area contributed by atoms with Gasteiger partial charge in [-0.3, -0.25) is 4.79 Å². The molecule has 0 spiro atoms. The van der Waals surface area contributed by atoms with Crippen LogP contribution < -0.4 is 5.73 Å². The van der Waals surface area contributed by atoms with Gasteiger partial charge in [-0.25, -0.2) is 4.39 Å². The number of likely N-dealkylation sites (tertiary alicyclic amines) is 1. The zero-order valence-electron chi connectivity index (χ0n) is 11.6. The van der Waals surface area contributed by atoms with E-state index in [1.807, 2.05) is 0 Å². The highest BCUT2D eigenvalue weighted by atomic mass is 19.4. The SMILES string of the molecule is CC(C)N1C(=O)CC(N)C1c1ccc(F)cc1C(F)(F)F. The average molecular weight is 304 g/mol. The van der Waals surface area contributed by atoms with Gasteiger partial charge < -0.3 is 10.6 Å². The van der Waals surface area contributed by atoms with Crippen LogP contribution in [0.15, 0.2) is 18.2 Å². The van der Waals surface area contributed by atoms with Crippen LogP contribution >= 0.6 is 0 Å². The van der Waals surface area contributed by atoms with Gasteiger partial charge in [0.05, 0.1) is 11.6 Å². The highest BCUT2D eigenvalue weighted by molar-refractivity contribution is 5.80. The van der Waals surface area contributed by atoms with Crippen molar-refractivity contribution < 1.29 is 22.4 Å². The second-order valence-corrected chi connectivity index (χ2v) is 5.44. The monoisotopic (exact) mass is 304 g/mol. The second-order valence-electron chi connectivity index (χ2n) is 5.44. The van der Waals surface area contributed by atoms with Crippen molar-refractivity contribution in [3.8, 4) is 0 Å². The lowest BCUT2D eigenvalue weighted by Gasteiger charge is -2.32. The third-order valence-corrected chi connectivity index (χ3v) is 3.60. The normalized spacial score (nSPS) is 23.2. The summed E-state index contributed by atoms with van der Waals surface area (Å²) in [7, 11) is 0. The van der Waals surface area contributed by atoms with Crippen LogP contribution in [-0.4, -0.2) is 22.9 Å². The van der Waals surface area contributed by atoms with Gasteiger partial charge in [-0.05, 0) is 31.5 Å². The van der Waals surface area contributed by atoms with Crippen LogP contribution in [0.2, 0.25) is 0 Å². The zero-order valence-corrected chi connectivity index (χ0v) is 11.6. The van der Waals surface area contributed by atoms with Crippen molar-refractivity contribution in [1.29, 1.82) is 0 Å². The number of amides is 1. The van der Waals surface area contributed by atoms with Gasteiger partial charge in [-0.15, -0.1) is 0 Å². The van der Waals surface area contributed by atoms with E-state index in [9.17, 15) is 22.4 Å². The number of nitrogens with zero attached hydrogens (tertiary/aromatic N) is 1. The molecule has 1 saturated heterocycles. The lowest BCUT2D eigenvalue weighted by molar-refractivity contribution is -0.140. The number of carbonyl (C=O) groups is 1. The standard InChI is InChI=1S/C14H16F4N2O/c1-7(2)20-12(21)6-11(19)13(20)9-4-3-8(15)5-10(9)14(16,17)18/h3-5,7,11,13H,6,19H2,1-2H3. The number of rotatable bonds is 2. The smallest absolute Gasteiger partial charge is 0.332 e. The number of hydrogen-bond donors (Lipinski definition) is 1. The molecule has 2 rings (SSSR count). The predicted octanol–water partition coefficient (Wildman–Crippen LogP) is 2.85. The predicted molar refractivity (Wildman–Crippen MR) is 68.7 cm³/mol. The Morgan fingerprint density at radius 3 is 2.48 bits per heavy atom. The molecule has 1 fully saturated rings. The Hall–Kier alpha value is -1.63. The summed E-state index contributed by atoms with van der Waals surface area (Å²) in [6, 6.07) is 0.543. The molecule has 1 aromatic rings. The molecule has 0 saturated carbocycles. The summed E-state index contributed by atoms with van der Waals surface area (Å²) in [4.78, 5) is 13.3. The maximum absolute atomic E-state index is 13.2. The molecule has 1 aliphatic heterocycles. The summed E-state index contributed by atoms with van der Waals surface area (Å²) in [5.41, 5.74) is 4.62. The molecular weight excluding hydrogens is 288 g/mol. The maximum Gasteiger partial charge on any atom is 0.416 e. The van der Waals surface area contributed by atoms with E-state index >= 15 is 0 Å². The Labute approximate surface area is 119 Å². The molecule has 0 aliphatic carbocycles. The van der Waals surface area contributed by atoms with Gasteiger partial charge in [0.2, 0.25) is 5.91 Å². The van der Waals surface area contributed by atoms with Gasteiger partial charge in [0, 0.05) is 18.5 Å². The van der Waals surface area contributed by atoms with Crippen LogP contribution in [0, 0.1) is 5.82 Å². The van der Waals surface area contributed by atoms with Crippen LogP contribution in [0.25, 0.3) is 0 Å². The van der Waals surface area contributed by atoms with Gasteiger partial charge in [-0.2, -0.15) is 13.2 Å². The lowest BCUT2D eigenvalue weighted by Crippen LogP contribution is -2.38. The fraction of sp³-hybridized carbons (Fsp3) is 0.500. The summed E-state index contributed by atoms with van der Waals surface area (Å²) in [6.07, 6.45) is -4.72. The van der Waals surface area contributed by atoms with Crippen molar-refractivity contribution in [2.75, 3.05) is 0 Å². The Bertz CT molecular complexity index is 556. The van der Waals surface area contributed by atoms with Gasteiger partial charge >= 0.3 is 6.18 Å².